The lowest BCUT2D eigenvalue weighted by Gasteiger charge is -2.27. The fourth-order valence-corrected chi connectivity index (χ4v) is 1.85. The number of hydrazone groups is 1. The monoisotopic (exact) mass is 288 g/mol. The van der Waals surface area contributed by atoms with E-state index in [2.05, 4.69) is 5.10 Å². The Balaban J connectivity index is 2.39. The van der Waals surface area contributed by atoms with Crippen LogP contribution in [0.3, 0.4) is 0 Å². The van der Waals surface area contributed by atoms with Gasteiger partial charge in [-0.05, 0) is 19.1 Å². The fourth-order valence-electron chi connectivity index (χ4n) is 1.85. The Kier molecular flexibility index (Phi) is 3.21. The normalized spacial score (nSPS) is 22.9. The van der Waals surface area contributed by atoms with Gasteiger partial charge < -0.3 is 10.2 Å². The van der Waals surface area contributed by atoms with Crippen molar-refractivity contribution in [3.05, 3.63) is 29.8 Å². The SMILES string of the molecule is CC1(O)CC(C(F)(F)F)=NN1C(=O)c1ccccc1O. The highest BCUT2D eigenvalue weighted by atomic mass is 19.4. The molecule has 1 atom stereocenters. The van der Waals surface area contributed by atoms with Gasteiger partial charge in [-0.15, -0.1) is 0 Å². The number of phenols is 1. The van der Waals surface area contributed by atoms with Gasteiger partial charge in [0.2, 0.25) is 0 Å². The Hall–Kier alpha value is -2.09. The van der Waals surface area contributed by atoms with Crippen molar-refractivity contribution >= 4 is 11.6 Å². The van der Waals surface area contributed by atoms with Crippen molar-refractivity contribution in [3.63, 3.8) is 0 Å². The van der Waals surface area contributed by atoms with Gasteiger partial charge in [-0.2, -0.15) is 23.3 Å². The number of benzene rings is 1. The highest BCUT2D eigenvalue weighted by Crippen LogP contribution is 2.34. The van der Waals surface area contributed by atoms with E-state index in [0.717, 1.165) is 6.92 Å². The third-order valence-corrected chi connectivity index (χ3v) is 2.83. The molecule has 1 unspecified atom stereocenters. The minimum Gasteiger partial charge on any atom is -0.507 e. The summed E-state index contributed by atoms with van der Waals surface area (Å²) in [5.41, 5.74) is -3.57. The molecule has 1 amide bonds. The van der Waals surface area contributed by atoms with E-state index in [0.29, 0.717) is 5.01 Å². The van der Waals surface area contributed by atoms with Gasteiger partial charge in [-0.25, -0.2) is 0 Å². The summed E-state index contributed by atoms with van der Waals surface area (Å²) >= 11 is 0. The van der Waals surface area contributed by atoms with Crippen molar-refractivity contribution in [2.75, 3.05) is 0 Å². The summed E-state index contributed by atoms with van der Waals surface area (Å²) in [6.45, 7) is 1.05. The summed E-state index contributed by atoms with van der Waals surface area (Å²) in [7, 11) is 0. The first-order chi connectivity index (χ1) is 9.13. The van der Waals surface area contributed by atoms with Gasteiger partial charge in [-0.1, -0.05) is 12.1 Å². The van der Waals surface area contributed by atoms with Crippen molar-refractivity contribution < 1.29 is 28.2 Å². The van der Waals surface area contributed by atoms with Crippen LogP contribution in [0, 0.1) is 0 Å². The zero-order valence-corrected chi connectivity index (χ0v) is 10.3. The number of alkyl halides is 3. The molecule has 0 spiro atoms. The maximum atomic E-state index is 12.6. The molecule has 5 nitrogen and oxygen atoms in total. The van der Waals surface area contributed by atoms with Gasteiger partial charge in [0.15, 0.2) is 5.72 Å². The zero-order valence-electron chi connectivity index (χ0n) is 10.3. The summed E-state index contributed by atoms with van der Waals surface area (Å²) < 4.78 is 37.8. The smallest absolute Gasteiger partial charge is 0.431 e. The van der Waals surface area contributed by atoms with Crippen LogP contribution < -0.4 is 0 Å². The number of aromatic hydroxyl groups is 1. The average molecular weight is 288 g/mol. The number of hydrogen-bond donors (Lipinski definition) is 2. The number of carbonyl (C=O) groups excluding carboxylic acids is 1. The Morgan fingerprint density at radius 3 is 2.50 bits per heavy atom. The number of nitrogens with zero attached hydrogens (tertiary/aromatic N) is 2. The van der Waals surface area contributed by atoms with Gasteiger partial charge >= 0.3 is 6.18 Å². The molecule has 1 aliphatic heterocycles. The first-order valence-corrected chi connectivity index (χ1v) is 5.62. The Labute approximate surface area is 111 Å². The van der Waals surface area contributed by atoms with E-state index in [1.807, 2.05) is 0 Å². The van der Waals surface area contributed by atoms with Gasteiger partial charge in [-0.3, -0.25) is 4.79 Å². The van der Waals surface area contributed by atoms with E-state index < -0.39 is 35.7 Å². The highest BCUT2D eigenvalue weighted by Gasteiger charge is 2.49. The Bertz CT molecular complexity index is 582. The standard InChI is InChI=1S/C12H11F3N2O3/c1-11(20)6-9(12(13,14)15)16-17(11)10(19)7-4-2-3-5-8(7)18/h2-5,18,20H,6H2,1H3. The van der Waals surface area contributed by atoms with E-state index in [-0.39, 0.29) is 5.56 Å². The maximum Gasteiger partial charge on any atom is 0.431 e. The molecule has 1 aromatic carbocycles. The molecular weight excluding hydrogens is 277 g/mol. The number of carbonyl (C=O) groups is 1. The third kappa shape index (κ3) is 2.46. The molecule has 1 aromatic rings. The predicted octanol–water partition coefficient (Wildman–Crippen LogP) is 1.86. The minimum absolute atomic E-state index is 0.236. The molecule has 0 saturated carbocycles. The van der Waals surface area contributed by atoms with Gasteiger partial charge in [0.1, 0.15) is 11.5 Å². The van der Waals surface area contributed by atoms with Gasteiger partial charge in [0, 0.05) is 6.42 Å². The van der Waals surface area contributed by atoms with Crippen molar-refractivity contribution in [2.45, 2.75) is 25.2 Å². The molecule has 20 heavy (non-hydrogen) atoms. The Morgan fingerprint density at radius 2 is 2.00 bits per heavy atom. The van der Waals surface area contributed by atoms with Crippen LogP contribution in [0.1, 0.15) is 23.7 Å². The van der Waals surface area contributed by atoms with Crippen LogP contribution in [0.5, 0.6) is 5.75 Å². The quantitative estimate of drug-likeness (QED) is 0.828. The van der Waals surface area contributed by atoms with Crippen molar-refractivity contribution in [2.24, 2.45) is 5.10 Å². The molecule has 0 radical (unpaired) electrons. The number of phenolic OH excluding ortho intramolecular Hbond substituents is 1. The van der Waals surface area contributed by atoms with E-state index in [4.69, 9.17) is 0 Å². The van der Waals surface area contributed by atoms with E-state index >= 15 is 0 Å². The second kappa shape index (κ2) is 4.48. The zero-order chi connectivity index (χ0) is 15.1. The number of hydrogen-bond acceptors (Lipinski definition) is 4. The highest BCUT2D eigenvalue weighted by molar-refractivity contribution is 6.01. The predicted molar refractivity (Wildman–Crippen MR) is 63.0 cm³/mol. The molecule has 0 bridgehead atoms. The fraction of sp³-hybridized carbons (Fsp3) is 0.333. The summed E-state index contributed by atoms with van der Waals surface area (Å²) in [4.78, 5) is 12.1. The lowest BCUT2D eigenvalue weighted by Crippen LogP contribution is -2.43. The topological polar surface area (TPSA) is 73.1 Å². The minimum atomic E-state index is -4.72. The number of amides is 1. The molecule has 108 valence electrons. The Morgan fingerprint density at radius 1 is 1.40 bits per heavy atom. The van der Waals surface area contributed by atoms with E-state index in [1.54, 1.807) is 0 Å². The molecule has 8 heteroatoms. The number of aliphatic hydroxyl groups is 1. The van der Waals surface area contributed by atoms with Gasteiger partial charge in [0.25, 0.3) is 5.91 Å². The molecular formula is C12H11F3N2O3. The molecule has 2 N–H and O–H groups in total. The molecule has 0 fully saturated rings. The number of para-hydroxylation sites is 1. The second-order valence-corrected chi connectivity index (χ2v) is 4.57. The van der Waals surface area contributed by atoms with Crippen LogP contribution in [-0.4, -0.2) is 38.7 Å². The van der Waals surface area contributed by atoms with E-state index in [9.17, 15) is 28.2 Å². The van der Waals surface area contributed by atoms with Crippen molar-refractivity contribution in [1.29, 1.82) is 0 Å². The summed E-state index contributed by atoms with van der Waals surface area (Å²) in [5.74, 6) is -1.41. The number of halogens is 3. The van der Waals surface area contributed by atoms with Crippen LogP contribution in [0.15, 0.2) is 29.4 Å². The first-order valence-electron chi connectivity index (χ1n) is 5.62. The molecule has 0 aliphatic carbocycles. The summed E-state index contributed by atoms with van der Waals surface area (Å²) in [6, 6.07) is 5.34. The molecule has 0 aromatic heterocycles. The van der Waals surface area contributed by atoms with Crippen LogP contribution in [-0.2, 0) is 0 Å². The van der Waals surface area contributed by atoms with Crippen LogP contribution >= 0.6 is 0 Å². The lowest BCUT2D eigenvalue weighted by atomic mass is 10.1. The number of rotatable bonds is 1. The van der Waals surface area contributed by atoms with Gasteiger partial charge in [0.05, 0.1) is 5.56 Å². The third-order valence-electron chi connectivity index (χ3n) is 2.83. The molecule has 1 heterocycles. The second-order valence-electron chi connectivity index (χ2n) is 4.57. The van der Waals surface area contributed by atoms with Crippen molar-refractivity contribution in [3.8, 4) is 5.75 Å². The van der Waals surface area contributed by atoms with Crippen LogP contribution in [0.25, 0.3) is 0 Å². The lowest BCUT2D eigenvalue weighted by molar-refractivity contribution is -0.0679. The van der Waals surface area contributed by atoms with Crippen LogP contribution in [0.2, 0.25) is 0 Å². The molecule has 1 aliphatic rings. The molecule has 2 rings (SSSR count). The molecule has 0 saturated heterocycles. The average Bonchev–Trinajstić information content (AvgIpc) is 2.64. The van der Waals surface area contributed by atoms with E-state index in [1.165, 1.54) is 24.3 Å². The largest absolute Gasteiger partial charge is 0.507 e. The first kappa shape index (κ1) is 14.3. The summed E-state index contributed by atoms with van der Waals surface area (Å²) in [5, 5.41) is 22.9. The summed E-state index contributed by atoms with van der Waals surface area (Å²) in [6.07, 6.45) is -5.55. The van der Waals surface area contributed by atoms with Crippen LogP contribution in [0.4, 0.5) is 13.2 Å². The maximum absolute atomic E-state index is 12.6. The van der Waals surface area contributed by atoms with Crippen molar-refractivity contribution in [1.82, 2.24) is 5.01 Å².